The van der Waals surface area contributed by atoms with Crippen molar-refractivity contribution in [3.05, 3.63) is 175 Å². The average Bonchev–Trinajstić information content (AvgIpc) is 3.74. The first-order chi connectivity index (χ1) is 25.7. The van der Waals surface area contributed by atoms with Crippen LogP contribution in [0.4, 0.5) is 0 Å². The summed E-state index contributed by atoms with van der Waals surface area (Å²) < 4.78 is 4.61. The van der Waals surface area contributed by atoms with Crippen LogP contribution in [0.1, 0.15) is 5.56 Å². The molecule has 52 heavy (non-hydrogen) atoms. The van der Waals surface area contributed by atoms with E-state index in [1.54, 1.807) is 6.07 Å². The summed E-state index contributed by atoms with van der Waals surface area (Å²) in [5.41, 5.74) is 10.1. The molecule has 0 radical (unpaired) electrons. The fourth-order valence-corrected chi connectivity index (χ4v) is 7.51. The van der Waals surface area contributed by atoms with E-state index in [-0.39, 0.29) is 0 Å². The molecule has 0 amide bonds. The van der Waals surface area contributed by atoms with E-state index in [1.807, 2.05) is 72.8 Å². The molecule has 242 valence electrons. The van der Waals surface area contributed by atoms with Gasteiger partial charge in [0.25, 0.3) is 0 Å². The fraction of sp³-hybridized carbons (Fsp3) is 0. The van der Waals surface area contributed by atoms with Gasteiger partial charge in [0.05, 0.1) is 45.1 Å². The number of para-hydroxylation sites is 3. The van der Waals surface area contributed by atoms with Gasteiger partial charge in [-0.05, 0) is 66.7 Å². The van der Waals surface area contributed by atoms with Crippen molar-refractivity contribution in [1.29, 1.82) is 5.26 Å². The number of pyridine rings is 1. The van der Waals surface area contributed by atoms with Crippen molar-refractivity contribution < 1.29 is 0 Å². The van der Waals surface area contributed by atoms with Crippen LogP contribution in [-0.2, 0) is 0 Å². The predicted molar refractivity (Wildman–Crippen MR) is 210 cm³/mol. The molecule has 6 nitrogen and oxygen atoms in total. The SMILES string of the molecule is N#Cc1cccc(-c2cc(-c3ccccc3)nc(-c3cccc(-n4c5ccccc5c5c6c7ccccc7n(-c7ccccc7)c6ccc54)n3)n2)c1. The third-order valence-electron chi connectivity index (χ3n) is 9.76. The molecule has 10 aromatic rings. The highest BCUT2D eigenvalue weighted by Crippen LogP contribution is 2.42. The second-order valence-electron chi connectivity index (χ2n) is 12.8. The van der Waals surface area contributed by atoms with Gasteiger partial charge >= 0.3 is 0 Å². The number of fused-ring (bicyclic) bond motifs is 7. The highest BCUT2D eigenvalue weighted by Gasteiger charge is 2.21. The summed E-state index contributed by atoms with van der Waals surface area (Å²) >= 11 is 0. The minimum Gasteiger partial charge on any atom is -0.309 e. The van der Waals surface area contributed by atoms with Gasteiger partial charge < -0.3 is 4.57 Å². The zero-order valence-electron chi connectivity index (χ0n) is 27.8. The van der Waals surface area contributed by atoms with Gasteiger partial charge in [0.15, 0.2) is 5.82 Å². The van der Waals surface area contributed by atoms with Gasteiger partial charge in [0.1, 0.15) is 11.5 Å². The molecule has 4 aromatic heterocycles. The summed E-state index contributed by atoms with van der Waals surface area (Å²) in [6.07, 6.45) is 0. The molecular formula is C46H28N6. The number of hydrogen-bond donors (Lipinski definition) is 0. The van der Waals surface area contributed by atoms with Crippen molar-refractivity contribution >= 4 is 43.6 Å². The molecule has 0 unspecified atom stereocenters. The lowest BCUT2D eigenvalue weighted by Gasteiger charge is -2.11. The van der Waals surface area contributed by atoms with E-state index < -0.39 is 0 Å². The topological polar surface area (TPSA) is 72.3 Å². The Balaban J connectivity index is 1.21. The average molecular weight is 665 g/mol. The molecule has 6 aromatic carbocycles. The number of rotatable bonds is 5. The maximum Gasteiger partial charge on any atom is 0.179 e. The molecule has 4 heterocycles. The van der Waals surface area contributed by atoms with Crippen LogP contribution in [0.5, 0.6) is 0 Å². The Morgan fingerprint density at radius 1 is 0.423 bits per heavy atom. The first kappa shape index (κ1) is 29.5. The van der Waals surface area contributed by atoms with Crippen molar-refractivity contribution in [1.82, 2.24) is 24.1 Å². The molecule has 0 fully saturated rings. The van der Waals surface area contributed by atoms with Crippen LogP contribution in [-0.4, -0.2) is 24.1 Å². The molecule has 10 rings (SSSR count). The quantitative estimate of drug-likeness (QED) is 0.184. The maximum atomic E-state index is 9.61. The van der Waals surface area contributed by atoms with Crippen LogP contribution in [0.3, 0.4) is 0 Å². The van der Waals surface area contributed by atoms with Crippen LogP contribution < -0.4 is 0 Å². The second kappa shape index (κ2) is 11.9. The van der Waals surface area contributed by atoms with Crippen LogP contribution in [0.2, 0.25) is 0 Å². The van der Waals surface area contributed by atoms with Gasteiger partial charge in [0, 0.05) is 38.4 Å². The first-order valence-electron chi connectivity index (χ1n) is 17.2. The standard InChI is InChI=1S/C46H28N6/c47-29-30-13-11-16-32(27-30)38-28-37(31-14-3-1-4-15-31)49-46(50-38)36-21-12-24-43(48-36)52-40-23-10-8-20-35(40)45-42(52)26-25-41-44(45)34-19-7-9-22-39(34)51(41)33-17-5-2-6-18-33/h1-28H. The third-order valence-corrected chi connectivity index (χ3v) is 9.76. The summed E-state index contributed by atoms with van der Waals surface area (Å²) in [7, 11) is 0. The van der Waals surface area contributed by atoms with Crippen LogP contribution in [0, 0.1) is 11.3 Å². The molecule has 0 bridgehead atoms. The van der Waals surface area contributed by atoms with Gasteiger partial charge in [-0.3, -0.25) is 4.57 Å². The molecule has 0 aliphatic carbocycles. The van der Waals surface area contributed by atoms with E-state index >= 15 is 0 Å². The van der Waals surface area contributed by atoms with Crippen LogP contribution in [0.25, 0.3) is 89.2 Å². The maximum absolute atomic E-state index is 9.61. The smallest absolute Gasteiger partial charge is 0.179 e. The Kier molecular flexibility index (Phi) is 6.76. The minimum atomic E-state index is 0.509. The van der Waals surface area contributed by atoms with Crippen LogP contribution >= 0.6 is 0 Å². The highest BCUT2D eigenvalue weighted by molar-refractivity contribution is 6.28. The minimum absolute atomic E-state index is 0.509. The second-order valence-corrected chi connectivity index (χ2v) is 12.8. The highest BCUT2D eigenvalue weighted by atomic mass is 15.1. The van der Waals surface area contributed by atoms with E-state index in [4.69, 9.17) is 15.0 Å². The van der Waals surface area contributed by atoms with E-state index in [9.17, 15) is 5.26 Å². The molecule has 0 saturated heterocycles. The number of hydrogen-bond acceptors (Lipinski definition) is 4. The van der Waals surface area contributed by atoms with Crippen molar-refractivity contribution in [2.45, 2.75) is 0 Å². The Morgan fingerprint density at radius 3 is 1.71 bits per heavy atom. The molecule has 0 aliphatic rings. The number of aromatic nitrogens is 5. The Bertz CT molecular complexity index is 3020. The van der Waals surface area contributed by atoms with Crippen LogP contribution in [0.15, 0.2) is 170 Å². The van der Waals surface area contributed by atoms with Gasteiger partial charge in [-0.2, -0.15) is 5.26 Å². The molecule has 6 heteroatoms. The Hall–Kier alpha value is -7.36. The summed E-state index contributed by atoms with van der Waals surface area (Å²) in [5.74, 6) is 1.28. The van der Waals surface area contributed by atoms with Gasteiger partial charge in [-0.1, -0.05) is 103 Å². The van der Waals surface area contributed by atoms with Gasteiger partial charge in [-0.15, -0.1) is 0 Å². The predicted octanol–water partition coefficient (Wildman–Crippen LogP) is 10.9. The van der Waals surface area contributed by atoms with E-state index in [0.29, 0.717) is 17.1 Å². The molecule has 0 N–H and O–H groups in total. The normalized spacial score (nSPS) is 11.4. The first-order valence-corrected chi connectivity index (χ1v) is 17.2. The zero-order valence-corrected chi connectivity index (χ0v) is 27.8. The monoisotopic (exact) mass is 664 g/mol. The number of nitriles is 1. The molecule has 0 aliphatic heterocycles. The lowest BCUT2D eigenvalue weighted by Crippen LogP contribution is -2.01. The molecule has 0 atom stereocenters. The summed E-state index contributed by atoms with van der Waals surface area (Å²) in [6.45, 7) is 0. The number of benzene rings is 6. The third kappa shape index (κ3) is 4.68. The zero-order chi connectivity index (χ0) is 34.6. The lowest BCUT2D eigenvalue weighted by molar-refractivity contribution is 1.06. The van der Waals surface area contributed by atoms with Crippen molar-refractivity contribution in [2.24, 2.45) is 0 Å². The van der Waals surface area contributed by atoms with E-state index in [1.165, 1.54) is 21.7 Å². The Labute approximate surface area is 299 Å². The lowest BCUT2D eigenvalue weighted by atomic mass is 10.1. The number of nitrogens with zero attached hydrogens (tertiary/aromatic N) is 6. The largest absolute Gasteiger partial charge is 0.309 e. The summed E-state index contributed by atoms with van der Waals surface area (Å²) in [6, 6.07) is 60.1. The Morgan fingerprint density at radius 2 is 1.00 bits per heavy atom. The molecular weight excluding hydrogens is 637 g/mol. The fourth-order valence-electron chi connectivity index (χ4n) is 7.51. The van der Waals surface area contributed by atoms with Gasteiger partial charge in [0.2, 0.25) is 0 Å². The molecule has 0 spiro atoms. The summed E-state index contributed by atoms with van der Waals surface area (Å²) in [4.78, 5) is 15.3. The van der Waals surface area contributed by atoms with E-state index in [0.717, 1.165) is 56.0 Å². The van der Waals surface area contributed by atoms with Crippen molar-refractivity contribution in [2.75, 3.05) is 0 Å². The van der Waals surface area contributed by atoms with Crippen molar-refractivity contribution in [3.8, 4) is 51.6 Å². The van der Waals surface area contributed by atoms with Gasteiger partial charge in [-0.25, -0.2) is 15.0 Å². The summed E-state index contributed by atoms with van der Waals surface area (Å²) in [5, 5.41) is 14.4. The molecule has 0 saturated carbocycles. The van der Waals surface area contributed by atoms with E-state index in [2.05, 4.69) is 106 Å². The van der Waals surface area contributed by atoms with Crippen molar-refractivity contribution in [3.63, 3.8) is 0 Å².